The molecular weight excluding hydrogens is 256 g/mol. The van der Waals surface area contributed by atoms with Gasteiger partial charge in [-0.15, -0.1) is 0 Å². The van der Waals surface area contributed by atoms with Gasteiger partial charge in [0.05, 0.1) is 12.7 Å². The first-order chi connectivity index (χ1) is 9.52. The average Bonchev–Trinajstić information content (AvgIpc) is 2.86. The number of methoxy groups -OCH3 is 1. The lowest BCUT2D eigenvalue weighted by atomic mass is 10.1. The Kier molecular flexibility index (Phi) is 4.49. The van der Waals surface area contributed by atoms with Crippen molar-refractivity contribution in [1.82, 2.24) is 9.80 Å². The van der Waals surface area contributed by atoms with E-state index in [9.17, 15) is 9.90 Å². The zero-order chi connectivity index (χ0) is 14.7. The van der Waals surface area contributed by atoms with E-state index >= 15 is 0 Å². The Hall–Kier alpha value is -1.75. The Bertz CT molecular complexity index is 488. The molecule has 20 heavy (non-hydrogen) atoms. The predicted molar refractivity (Wildman–Crippen MR) is 77.3 cm³/mol. The fraction of sp³-hybridized carbons (Fsp3) is 0.533. The number of aromatic hydroxyl groups is 1. The van der Waals surface area contributed by atoms with Crippen molar-refractivity contribution in [2.24, 2.45) is 0 Å². The summed E-state index contributed by atoms with van der Waals surface area (Å²) in [7, 11) is 5.55. The van der Waals surface area contributed by atoms with Crippen molar-refractivity contribution in [3.05, 3.63) is 23.8 Å². The van der Waals surface area contributed by atoms with E-state index in [2.05, 4.69) is 4.90 Å². The Morgan fingerprint density at radius 1 is 1.50 bits per heavy atom. The molecule has 1 fully saturated rings. The van der Waals surface area contributed by atoms with Crippen LogP contribution in [0.15, 0.2) is 18.2 Å². The zero-order valence-electron chi connectivity index (χ0n) is 12.3. The highest BCUT2D eigenvalue weighted by molar-refractivity contribution is 5.97. The molecule has 2 rings (SSSR count). The third kappa shape index (κ3) is 3.04. The molecule has 0 spiro atoms. The van der Waals surface area contributed by atoms with E-state index in [4.69, 9.17) is 4.74 Å². The van der Waals surface area contributed by atoms with Crippen LogP contribution in [0.5, 0.6) is 11.5 Å². The fourth-order valence-corrected chi connectivity index (χ4v) is 2.68. The molecule has 1 heterocycles. The lowest BCUT2D eigenvalue weighted by Gasteiger charge is -2.27. The van der Waals surface area contributed by atoms with Crippen LogP contribution in [0, 0.1) is 0 Å². The molecule has 1 atom stereocenters. The highest BCUT2D eigenvalue weighted by atomic mass is 16.5. The van der Waals surface area contributed by atoms with Crippen molar-refractivity contribution in [2.45, 2.75) is 18.9 Å². The van der Waals surface area contributed by atoms with Crippen LogP contribution in [0.1, 0.15) is 23.2 Å². The van der Waals surface area contributed by atoms with E-state index < -0.39 is 0 Å². The third-order valence-electron chi connectivity index (χ3n) is 3.65. The predicted octanol–water partition coefficient (Wildman–Crippen LogP) is 1.57. The average molecular weight is 278 g/mol. The molecule has 110 valence electrons. The molecule has 0 aliphatic carbocycles. The molecule has 0 bridgehead atoms. The van der Waals surface area contributed by atoms with Crippen LogP contribution in [-0.4, -0.2) is 61.2 Å². The SMILES string of the molecule is COc1ccc(O)c(C(=O)N2CCCC2CN(C)C)c1. The molecule has 1 unspecified atom stereocenters. The normalized spacial score (nSPS) is 18.6. The summed E-state index contributed by atoms with van der Waals surface area (Å²) >= 11 is 0. The molecule has 1 aliphatic rings. The lowest BCUT2D eigenvalue weighted by Crippen LogP contribution is -2.41. The molecule has 5 heteroatoms. The maximum atomic E-state index is 12.6. The number of hydrogen-bond donors (Lipinski definition) is 1. The molecule has 1 aliphatic heterocycles. The molecule has 1 aromatic carbocycles. The van der Waals surface area contributed by atoms with Crippen molar-refractivity contribution < 1.29 is 14.6 Å². The Morgan fingerprint density at radius 2 is 2.25 bits per heavy atom. The van der Waals surface area contributed by atoms with Crippen LogP contribution in [0.4, 0.5) is 0 Å². The number of benzene rings is 1. The largest absolute Gasteiger partial charge is 0.507 e. The molecule has 0 aromatic heterocycles. The maximum Gasteiger partial charge on any atom is 0.258 e. The van der Waals surface area contributed by atoms with Gasteiger partial charge in [-0.1, -0.05) is 0 Å². The van der Waals surface area contributed by atoms with Gasteiger partial charge < -0.3 is 19.6 Å². The second-order valence-corrected chi connectivity index (χ2v) is 5.44. The second kappa shape index (κ2) is 6.13. The van der Waals surface area contributed by atoms with Crippen LogP contribution < -0.4 is 4.74 Å². The van der Waals surface area contributed by atoms with Gasteiger partial charge in [0.15, 0.2) is 0 Å². The molecule has 0 radical (unpaired) electrons. The minimum Gasteiger partial charge on any atom is -0.507 e. The zero-order valence-corrected chi connectivity index (χ0v) is 12.3. The summed E-state index contributed by atoms with van der Waals surface area (Å²) in [4.78, 5) is 16.6. The summed E-state index contributed by atoms with van der Waals surface area (Å²) < 4.78 is 5.12. The van der Waals surface area contributed by atoms with Crippen LogP contribution in [0.2, 0.25) is 0 Å². The van der Waals surface area contributed by atoms with E-state index in [-0.39, 0.29) is 17.7 Å². The topological polar surface area (TPSA) is 53.0 Å². The first kappa shape index (κ1) is 14.7. The Morgan fingerprint density at radius 3 is 2.90 bits per heavy atom. The van der Waals surface area contributed by atoms with Gasteiger partial charge in [0.2, 0.25) is 0 Å². The van der Waals surface area contributed by atoms with Crippen LogP contribution in [-0.2, 0) is 0 Å². The second-order valence-electron chi connectivity index (χ2n) is 5.44. The van der Waals surface area contributed by atoms with Crippen molar-refractivity contribution in [3.63, 3.8) is 0 Å². The Labute approximate surface area is 119 Å². The first-order valence-electron chi connectivity index (χ1n) is 6.85. The summed E-state index contributed by atoms with van der Waals surface area (Å²) in [5.74, 6) is 0.464. The molecule has 5 nitrogen and oxygen atoms in total. The number of hydrogen-bond acceptors (Lipinski definition) is 4. The number of phenols is 1. The third-order valence-corrected chi connectivity index (χ3v) is 3.65. The minimum absolute atomic E-state index is 0.00584. The monoisotopic (exact) mass is 278 g/mol. The van der Waals surface area contributed by atoms with Gasteiger partial charge in [0.1, 0.15) is 11.5 Å². The highest BCUT2D eigenvalue weighted by Crippen LogP contribution is 2.27. The standard InChI is InChI=1S/C15H22N2O3/c1-16(2)10-11-5-4-8-17(11)15(19)13-9-12(20-3)6-7-14(13)18/h6-7,9,11,18H,4-5,8,10H2,1-3H3. The van der Waals surface area contributed by atoms with E-state index in [1.807, 2.05) is 19.0 Å². The molecule has 1 saturated heterocycles. The van der Waals surface area contributed by atoms with E-state index in [1.54, 1.807) is 19.2 Å². The van der Waals surface area contributed by atoms with Crippen molar-refractivity contribution in [2.75, 3.05) is 34.3 Å². The van der Waals surface area contributed by atoms with Crippen molar-refractivity contribution in [1.29, 1.82) is 0 Å². The van der Waals surface area contributed by atoms with E-state index in [0.29, 0.717) is 11.3 Å². The maximum absolute atomic E-state index is 12.6. The number of rotatable bonds is 4. The summed E-state index contributed by atoms with van der Waals surface area (Å²) in [5.41, 5.74) is 0.315. The fourth-order valence-electron chi connectivity index (χ4n) is 2.68. The Balaban J connectivity index is 2.22. The summed E-state index contributed by atoms with van der Waals surface area (Å²) in [6.07, 6.45) is 2.02. The van der Waals surface area contributed by atoms with E-state index in [0.717, 1.165) is 25.9 Å². The number of amides is 1. The first-order valence-corrected chi connectivity index (χ1v) is 6.85. The number of likely N-dealkylation sites (tertiary alicyclic amines) is 1. The van der Waals surface area contributed by atoms with Crippen molar-refractivity contribution in [3.8, 4) is 11.5 Å². The summed E-state index contributed by atoms with van der Waals surface area (Å²) in [5, 5.41) is 9.92. The van der Waals surface area contributed by atoms with Gasteiger partial charge >= 0.3 is 0 Å². The number of nitrogens with zero attached hydrogens (tertiary/aromatic N) is 2. The summed E-state index contributed by atoms with van der Waals surface area (Å²) in [6.45, 7) is 1.59. The number of likely N-dealkylation sites (N-methyl/N-ethyl adjacent to an activating group) is 1. The summed E-state index contributed by atoms with van der Waals surface area (Å²) in [6, 6.07) is 4.96. The molecule has 1 aromatic rings. The van der Waals surface area contributed by atoms with Gasteiger partial charge in [-0.2, -0.15) is 0 Å². The number of ether oxygens (including phenoxy) is 1. The number of carbonyl (C=O) groups is 1. The quantitative estimate of drug-likeness (QED) is 0.908. The van der Waals surface area contributed by atoms with Crippen LogP contribution in [0.25, 0.3) is 0 Å². The molecule has 1 N–H and O–H groups in total. The van der Waals surface area contributed by atoms with E-state index in [1.165, 1.54) is 6.07 Å². The molecule has 1 amide bonds. The lowest BCUT2D eigenvalue weighted by molar-refractivity contribution is 0.0713. The van der Waals surface area contributed by atoms with Gasteiger partial charge in [0, 0.05) is 19.1 Å². The number of phenolic OH excluding ortho intramolecular Hbond substituents is 1. The molecular formula is C15H22N2O3. The van der Waals surface area contributed by atoms with Crippen LogP contribution in [0.3, 0.4) is 0 Å². The van der Waals surface area contributed by atoms with Gasteiger partial charge in [-0.05, 0) is 45.1 Å². The van der Waals surface area contributed by atoms with Crippen molar-refractivity contribution >= 4 is 5.91 Å². The number of carbonyl (C=O) groups excluding carboxylic acids is 1. The highest BCUT2D eigenvalue weighted by Gasteiger charge is 2.31. The minimum atomic E-state index is -0.120. The van der Waals surface area contributed by atoms with Gasteiger partial charge in [0.25, 0.3) is 5.91 Å². The van der Waals surface area contributed by atoms with Crippen LogP contribution >= 0.6 is 0 Å². The van der Waals surface area contributed by atoms with Gasteiger partial charge in [-0.25, -0.2) is 0 Å². The van der Waals surface area contributed by atoms with Gasteiger partial charge in [-0.3, -0.25) is 4.79 Å². The molecule has 0 saturated carbocycles. The smallest absolute Gasteiger partial charge is 0.258 e.